The topological polar surface area (TPSA) is 3.24 Å². The predicted molar refractivity (Wildman–Crippen MR) is 56.5 cm³/mol. The molecule has 11 heavy (non-hydrogen) atoms. The van der Waals surface area contributed by atoms with Gasteiger partial charge in [0.25, 0.3) is 0 Å². The molecule has 1 aliphatic heterocycles. The van der Waals surface area contributed by atoms with Crippen LogP contribution in [0.15, 0.2) is 0 Å². The number of hydrogen-bond donors (Lipinski definition) is 0. The van der Waals surface area contributed by atoms with Gasteiger partial charge in [-0.25, -0.2) is 4.31 Å². The molecule has 0 amide bonds. The Labute approximate surface area is 78.1 Å². The molecule has 0 aromatic rings. The molecule has 1 fully saturated rings. The van der Waals surface area contributed by atoms with E-state index in [-0.39, 0.29) is 0 Å². The van der Waals surface area contributed by atoms with Crippen molar-refractivity contribution in [3.05, 3.63) is 0 Å². The molecule has 1 saturated heterocycles. The van der Waals surface area contributed by atoms with Crippen LogP contribution in [0.1, 0.15) is 6.42 Å². The minimum atomic E-state index is -1.30. The molecule has 0 N–H and O–H groups in total. The van der Waals surface area contributed by atoms with Gasteiger partial charge in [-0.05, 0) is 43.2 Å². The Morgan fingerprint density at radius 1 is 1.64 bits per heavy atom. The largest absolute Gasteiger partial charge is 0.247 e. The van der Waals surface area contributed by atoms with Gasteiger partial charge < -0.3 is 0 Å². The molecular weight excluding hydrogens is 194 g/mol. The second-order valence-electron chi connectivity index (χ2n) is 2.75. The van der Waals surface area contributed by atoms with Crippen LogP contribution in [0, 0.1) is 18.3 Å². The quantitative estimate of drug-likeness (QED) is 0.532. The monoisotopic (exact) mass is 205 g/mol. The minimum absolute atomic E-state index is 0.367. The van der Waals surface area contributed by atoms with Crippen molar-refractivity contribution in [2.45, 2.75) is 6.42 Å². The number of terminal acetylenes is 1. The van der Waals surface area contributed by atoms with Crippen LogP contribution in [0.3, 0.4) is 0 Å². The third-order valence-corrected chi connectivity index (χ3v) is 6.29. The van der Waals surface area contributed by atoms with Crippen LogP contribution in [0.25, 0.3) is 0 Å². The first-order valence-electron chi connectivity index (χ1n) is 3.46. The lowest BCUT2D eigenvalue weighted by atomic mass is 10.1. The van der Waals surface area contributed by atoms with E-state index in [1.54, 1.807) is 0 Å². The molecule has 1 nitrogen and oxygen atoms in total. The van der Waals surface area contributed by atoms with Crippen LogP contribution < -0.4 is 0 Å². The first-order valence-corrected chi connectivity index (χ1v) is 7.07. The van der Waals surface area contributed by atoms with Gasteiger partial charge in [0.1, 0.15) is 0 Å². The Balaban J connectivity index is 2.72. The lowest BCUT2D eigenvalue weighted by molar-refractivity contribution is 0.448. The molecule has 1 rings (SSSR count). The summed E-state index contributed by atoms with van der Waals surface area (Å²) in [7, 11) is 0.685. The SMILES string of the molecule is C#CC1CCS(=S)(=S)N(C)C1. The minimum Gasteiger partial charge on any atom is -0.247 e. The Morgan fingerprint density at radius 3 is 2.73 bits per heavy atom. The zero-order valence-corrected chi connectivity index (χ0v) is 8.90. The van der Waals surface area contributed by atoms with Crippen molar-refractivity contribution < 1.29 is 0 Å². The van der Waals surface area contributed by atoms with Gasteiger partial charge in [-0.15, -0.1) is 12.3 Å². The van der Waals surface area contributed by atoms with Crippen LogP contribution in [0.5, 0.6) is 0 Å². The highest BCUT2D eigenvalue weighted by Gasteiger charge is 2.21. The van der Waals surface area contributed by atoms with Crippen LogP contribution in [-0.2, 0) is 29.7 Å². The average Bonchev–Trinajstić information content (AvgIpc) is 1.95. The van der Waals surface area contributed by atoms with Crippen LogP contribution in [-0.4, -0.2) is 23.7 Å². The number of rotatable bonds is 0. The molecule has 0 spiro atoms. The smallest absolute Gasteiger partial charge is 0.0345 e. The van der Waals surface area contributed by atoms with E-state index in [0.29, 0.717) is 5.92 Å². The summed E-state index contributed by atoms with van der Waals surface area (Å²) >= 11 is 10.5. The van der Waals surface area contributed by atoms with Gasteiger partial charge >= 0.3 is 0 Å². The molecule has 0 saturated carbocycles. The molecule has 0 bridgehead atoms. The molecule has 1 atom stereocenters. The second kappa shape index (κ2) is 3.36. The molecule has 62 valence electrons. The normalized spacial score (nSPS) is 31.1. The Kier molecular flexibility index (Phi) is 2.87. The first-order chi connectivity index (χ1) is 5.06. The maximum absolute atomic E-state index is 5.32. The fourth-order valence-electron chi connectivity index (χ4n) is 1.10. The fourth-order valence-corrected chi connectivity index (χ4v) is 3.34. The van der Waals surface area contributed by atoms with E-state index in [2.05, 4.69) is 10.2 Å². The van der Waals surface area contributed by atoms with E-state index in [1.807, 2.05) is 7.05 Å². The van der Waals surface area contributed by atoms with Gasteiger partial charge in [-0.2, -0.15) is 0 Å². The van der Waals surface area contributed by atoms with Crippen molar-refractivity contribution >= 4 is 29.7 Å². The van der Waals surface area contributed by atoms with Crippen molar-refractivity contribution in [3.63, 3.8) is 0 Å². The Morgan fingerprint density at radius 2 is 2.27 bits per heavy atom. The van der Waals surface area contributed by atoms with E-state index in [1.165, 1.54) is 0 Å². The van der Waals surface area contributed by atoms with Crippen molar-refractivity contribution in [2.75, 3.05) is 19.3 Å². The van der Waals surface area contributed by atoms with Crippen molar-refractivity contribution in [2.24, 2.45) is 5.92 Å². The Hall–Kier alpha value is 0.310. The molecule has 1 heterocycles. The van der Waals surface area contributed by atoms with Crippen LogP contribution >= 0.6 is 0 Å². The summed E-state index contributed by atoms with van der Waals surface area (Å²) in [6.45, 7) is 0.888. The van der Waals surface area contributed by atoms with Crippen molar-refractivity contribution in [1.82, 2.24) is 4.31 Å². The van der Waals surface area contributed by atoms with E-state index in [4.69, 9.17) is 28.8 Å². The number of nitrogens with zero attached hydrogens (tertiary/aromatic N) is 1. The van der Waals surface area contributed by atoms with Crippen LogP contribution in [0.2, 0.25) is 0 Å². The summed E-state index contributed by atoms with van der Waals surface area (Å²) in [5.41, 5.74) is 0. The first kappa shape index (κ1) is 9.40. The summed E-state index contributed by atoms with van der Waals surface area (Å²) in [5.74, 6) is 4.05. The molecule has 4 heteroatoms. The highest BCUT2D eigenvalue weighted by atomic mass is 33.1. The second-order valence-corrected chi connectivity index (χ2v) is 8.89. The van der Waals surface area contributed by atoms with Gasteiger partial charge in [0.05, 0.1) is 0 Å². The highest BCUT2D eigenvalue weighted by molar-refractivity contribution is 8.55. The van der Waals surface area contributed by atoms with Gasteiger partial charge in [-0.3, -0.25) is 0 Å². The summed E-state index contributed by atoms with van der Waals surface area (Å²) in [6, 6.07) is 0. The van der Waals surface area contributed by atoms with Crippen molar-refractivity contribution in [1.29, 1.82) is 0 Å². The van der Waals surface area contributed by atoms with E-state index >= 15 is 0 Å². The Bertz CT molecular complexity index is 273. The maximum Gasteiger partial charge on any atom is 0.0345 e. The third-order valence-electron chi connectivity index (χ3n) is 1.91. The maximum atomic E-state index is 5.32. The molecule has 1 unspecified atom stereocenters. The summed E-state index contributed by atoms with van der Waals surface area (Å²) in [4.78, 5) is 0. The standard InChI is InChI=1S/C7H11NS3/c1-3-7-4-5-11(9,10)8(2)6-7/h1,7H,4-6H2,2H3. The molecule has 1 aliphatic rings. The lowest BCUT2D eigenvalue weighted by Gasteiger charge is -2.31. The molecule has 0 aromatic carbocycles. The zero-order valence-electron chi connectivity index (χ0n) is 6.45. The highest BCUT2D eigenvalue weighted by Crippen LogP contribution is 2.17. The summed E-state index contributed by atoms with van der Waals surface area (Å²) in [6.07, 6.45) is 6.34. The van der Waals surface area contributed by atoms with E-state index in [0.717, 1.165) is 18.7 Å². The van der Waals surface area contributed by atoms with Crippen LogP contribution in [0.4, 0.5) is 0 Å². The van der Waals surface area contributed by atoms with Gasteiger partial charge in [0, 0.05) is 18.2 Å². The zero-order chi connectivity index (χ0) is 8.48. The lowest BCUT2D eigenvalue weighted by Crippen LogP contribution is -2.37. The predicted octanol–water partition coefficient (Wildman–Crippen LogP) is 0.564. The molecular formula is C7H11NS3. The van der Waals surface area contributed by atoms with Gasteiger partial charge in [0.15, 0.2) is 0 Å². The molecule has 0 aromatic heterocycles. The summed E-state index contributed by atoms with van der Waals surface area (Å²) < 4.78 is 2.08. The van der Waals surface area contributed by atoms with Gasteiger partial charge in [0.2, 0.25) is 0 Å². The fraction of sp³-hybridized carbons (Fsp3) is 0.714. The van der Waals surface area contributed by atoms with E-state index in [9.17, 15) is 0 Å². The number of hydrogen-bond acceptors (Lipinski definition) is 2. The van der Waals surface area contributed by atoms with E-state index < -0.39 is 7.33 Å². The van der Waals surface area contributed by atoms with Crippen molar-refractivity contribution in [3.8, 4) is 12.3 Å². The summed E-state index contributed by atoms with van der Waals surface area (Å²) in [5, 5.41) is 0. The van der Waals surface area contributed by atoms with Gasteiger partial charge in [-0.1, -0.05) is 0 Å². The third kappa shape index (κ3) is 2.12. The molecule has 0 radical (unpaired) electrons. The average molecular weight is 205 g/mol. The molecule has 0 aliphatic carbocycles.